The van der Waals surface area contributed by atoms with E-state index in [1.54, 1.807) is 6.08 Å². The Morgan fingerprint density at radius 3 is 2.73 bits per heavy atom. The number of hydrogen-bond donors (Lipinski definition) is 1. The van der Waals surface area contributed by atoms with Crippen molar-refractivity contribution in [1.82, 2.24) is 15.1 Å². The lowest BCUT2D eigenvalue weighted by atomic mass is 10.2. The number of carbonyl (C=O) groups excluding carboxylic acids is 1. The zero-order chi connectivity index (χ0) is 15.8. The lowest BCUT2D eigenvalue weighted by Crippen LogP contribution is -2.45. The van der Waals surface area contributed by atoms with E-state index < -0.39 is 0 Å². The molecular weight excluding hydrogens is 298 g/mol. The molecule has 0 saturated carbocycles. The number of benzene rings is 1. The fourth-order valence-electron chi connectivity index (χ4n) is 2.42. The number of amides is 1. The van der Waals surface area contributed by atoms with Gasteiger partial charge >= 0.3 is 0 Å². The number of halogens is 1. The van der Waals surface area contributed by atoms with Crippen molar-refractivity contribution in [2.75, 3.05) is 46.3 Å². The molecule has 0 aliphatic carbocycles. The van der Waals surface area contributed by atoms with E-state index in [1.165, 1.54) is 6.08 Å². The van der Waals surface area contributed by atoms with Crippen LogP contribution in [0.15, 0.2) is 30.3 Å². The van der Waals surface area contributed by atoms with Crippen molar-refractivity contribution in [3.8, 4) is 0 Å². The van der Waals surface area contributed by atoms with Gasteiger partial charge in [0.05, 0.1) is 0 Å². The maximum atomic E-state index is 11.8. The molecule has 5 heteroatoms. The van der Waals surface area contributed by atoms with E-state index in [1.807, 2.05) is 24.3 Å². The largest absolute Gasteiger partial charge is 0.353 e. The Labute approximate surface area is 137 Å². The van der Waals surface area contributed by atoms with Gasteiger partial charge < -0.3 is 15.1 Å². The Kier molecular flexibility index (Phi) is 6.90. The van der Waals surface area contributed by atoms with Crippen LogP contribution in [0.3, 0.4) is 0 Å². The van der Waals surface area contributed by atoms with Gasteiger partial charge in [-0.25, -0.2) is 0 Å². The molecule has 0 bridgehead atoms. The van der Waals surface area contributed by atoms with Crippen LogP contribution in [0.1, 0.15) is 12.0 Å². The van der Waals surface area contributed by atoms with Crippen LogP contribution in [-0.4, -0.2) is 62.0 Å². The van der Waals surface area contributed by atoms with Crippen LogP contribution < -0.4 is 5.32 Å². The zero-order valence-electron chi connectivity index (χ0n) is 13.1. The number of rotatable bonds is 6. The lowest BCUT2D eigenvalue weighted by molar-refractivity contribution is -0.116. The van der Waals surface area contributed by atoms with Crippen molar-refractivity contribution >= 4 is 23.6 Å². The van der Waals surface area contributed by atoms with Crippen LogP contribution in [0.25, 0.3) is 6.08 Å². The Morgan fingerprint density at radius 1 is 1.27 bits per heavy atom. The minimum atomic E-state index is -0.0710. The third kappa shape index (κ3) is 5.79. The Bertz CT molecular complexity index is 510. The standard InChI is InChI=1S/C17H24ClN3O/c1-20-11-13-21(14-12-20)10-4-9-19-17(22)8-7-15-5-2-3-6-16(15)18/h2-3,5-8H,4,9-14H2,1H3,(H,19,22)/b8-7+. The molecular formula is C17H24ClN3O. The minimum absolute atomic E-state index is 0.0710. The highest BCUT2D eigenvalue weighted by Crippen LogP contribution is 2.15. The van der Waals surface area contributed by atoms with Crippen LogP contribution >= 0.6 is 11.6 Å². The minimum Gasteiger partial charge on any atom is -0.353 e. The molecule has 1 amide bonds. The van der Waals surface area contributed by atoms with Gasteiger partial charge in [-0.05, 0) is 37.7 Å². The molecule has 0 radical (unpaired) electrons. The third-order valence-electron chi connectivity index (χ3n) is 3.87. The van der Waals surface area contributed by atoms with Crippen LogP contribution in [0.5, 0.6) is 0 Å². The number of likely N-dealkylation sites (N-methyl/N-ethyl adjacent to an activating group) is 1. The van der Waals surface area contributed by atoms with Gasteiger partial charge in [0.25, 0.3) is 0 Å². The van der Waals surface area contributed by atoms with Crippen LogP contribution in [-0.2, 0) is 4.79 Å². The fourth-order valence-corrected chi connectivity index (χ4v) is 2.62. The van der Waals surface area contributed by atoms with E-state index in [0.29, 0.717) is 11.6 Å². The van der Waals surface area contributed by atoms with Gasteiger partial charge in [0.2, 0.25) is 5.91 Å². The number of nitrogens with zero attached hydrogens (tertiary/aromatic N) is 2. The summed E-state index contributed by atoms with van der Waals surface area (Å²) in [4.78, 5) is 16.6. The van der Waals surface area contributed by atoms with Crippen LogP contribution in [0.4, 0.5) is 0 Å². The number of nitrogens with one attached hydrogen (secondary N) is 1. The summed E-state index contributed by atoms with van der Waals surface area (Å²) in [6, 6.07) is 7.48. The lowest BCUT2D eigenvalue weighted by Gasteiger charge is -2.32. The average Bonchev–Trinajstić information content (AvgIpc) is 2.52. The summed E-state index contributed by atoms with van der Waals surface area (Å²) in [5.41, 5.74) is 0.858. The normalized spacial score (nSPS) is 17.0. The van der Waals surface area contributed by atoms with Gasteiger partial charge in [0, 0.05) is 43.8 Å². The second-order valence-corrected chi connectivity index (χ2v) is 6.05. The van der Waals surface area contributed by atoms with E-state index in [-0.39, 0.29) is 5.91 Å². The van der Waals surface area contributed by atoms with E-state index in [9.17, 15) is 4.79 Å². The van der Waals surface area contributed by atoms with Crippen molar-refractivity contribution in [2.24, 2.45) is 0 Å². The van der Waals surface area contributed by atoms with Crippen molar-refractivity contribution in [2.45, 2.75) is 6.42 Å². The second kappa shape index (κ2) is 8.93. The SMILES string of the molecule is CN1CCN(CCCNC(=O)/C=C/c2ccccc2Cl)CC1. The molecule has 1 fully saturated rings. The molecule has 22 heavy (non-hydrogen) atoms. The summed E-state index contributed by atoms with van der Waals surface area (Å²) in [7, 11) is 2.16. The predicted molar refractivity (Wildman–Crippen MR) is 92.0 cm³/mol. The van der Waals surface area contributed by atoms with E-state index in [2.05, 4.69) is 22.2 Å². The highest BCUT2D eigenvalue weighted by molar-refractivity contribution is 6.32. The summed E-state index contributed by atoms with van der Waals surface area (Å²) in [5.74, 6) is -0.0710. The number of carbonyl (C=O) groups is 1. The van der Waals surface area contributed by atoms with Gasteiger partial charge in [0.15, 0.2) is 0 Å². The summed E-state index contributed by atoms with van der Waals surface area (Å²) in [6.45, 7) is 6.26. The predicted octanol–water partition coefficient (Wildman–Crippen LogP) is 2.11. The molecule has 1 aromatic carbocycles. The molecule has 0 unspecified atom stereocenters. The smallest absolute Gasteiger partial charge is 0.244 e. The topological polar surface area (TPSA) is 35.6 Å². The first kappa shape index (κ1) is 17.0. The van der Waals surface area contributed by atoms with Gasteiger partial charge in [-0.1, -0.05) is 29.8 Å². The van der Waals surface area contributed by atoms with Crippen molar-refractivity contribution in [1.29, 1.82) is 0 Å². The molecule has 1 heterocycles. The fraction of sp³-hybridized carbons (Fsp3) is 0.471. The molecule has 1 aromatic rings. The molecule has 2 rings (SSSR count). The van der Waals surface area contributed by atoms with Gasteiger partial charge in [-0.2, -0.15) is 0 Å². The highest BCUT2D eigenvalue weighted by atomic mass is 35.5. The molecule has 0 aromatic heterocycles. The molecule has 1 saturated heterocycles. The van der Waals surface area contributed by atoms with E-state index >= 15 is 0 Å². The zero-order valence-corrected chi connectivity index (χ0v) is 13.9. The summed E-state index contributed by atoms with van der Waals surface area (Å²) in [6.07, 6.45) is 4.27. The van der Waals surface area contributed by atoms with Gasteiger partial charge in [0.1, 0.15) is 0 Å². The maximum absolute atomic E-state index is 11.8. The summed E-state index contributed by atoms with van der Waals surface area (Å²) < 4.78 is 0. The first-order chi connectivity index (χ1) is 10.6. The Morgan fingerprint density at radius 2 is 2.00 bits per heavy atom. The average molecular weight is 322 g/mol. The van der Waals surface area contributed by atoms with Crippen molar-refractivity contribution < 1.29 is 4.79 Å². The van der Waals surface area contributed by atoms with E-state index in [0.717, 1.165) is 44.7 Å². The highest BCUT2D eigenvalue weighted by Gasteiger charge is 2.12. The molecule has 1 aliphatic rings. The van der Waals surface area contributed by atoms with Crippen molar-refractivity contribution in [3.63, 3.8) is 0 Å². The van der Waals surface area contributed by atoms with Crippen molar-refractivity contribution in [3.05, 3.63) is 40.9 Å². The summed E-state index contributed by atoms with van der Waals surface area (Å²) in [5, 5.41) is 3.57. The maximum Gasteiger partial charge on any atom is 0.244 e. The molecule has 0 atom stereocenters. The number of piperazine rings is 1. The van der Waals surface area contributed by atoms with E-state index in [4.69, 9.17) is 11.6 Å². The molecule has 120 valence electrons. The first-order valence-corrected chi connectivity index (χ1v) is 8.14. The number of hydrogen-bond acceptors (Lipinski definition) is 3. The first-order valence-electron chi connectivity index (χ1n) is 7.76. The third-order valence-corrected chi connectivity index (χ3v) is 4.21. The van der Waals surface area contributed by atoms with Crippen LogP contribution in [0.2, 0.25) is 5.02 Å². The monoisotopic (exact) mass is 321 g/mol. The molecule has 1 N–H and O–H groups in total. The Balaban J connectivity index is 1.63. The quantitative estimate of drug-likeness (QED) is 0.644. The molecule has 0 spiro atoms. The summed E-state index contributed by atoms with van der Waals surface area (Å²) >= 11 is 6.04. The van der Waals surface area contributed by atoms with Gasteiger partial charge in [-0.3, -0.25) is 4.79 Å². The molecule has 1 aliphatic heterocycles. The second-order valence-electron chi connectivity index (χ2n) is 5.64. The van der Waals surface area contributed by atoms with Gasteiger partial charge in [-0.15, -0.1) is 0 Å². The Hall–Kier alpha value is -1.36. The van der Waals surface area contributed by atoms with Crippen LogP contribution in [0, 0.1) is 0 Å². The molecule has 4 nitrogen and oxygen atoms in total.